The number of nitrogens with zero attached hydrogens (tertiary/aromatic N) is 2. The Morgan fingerprint density at radius 3 is 1.79 bits per heavy atom. The Labute approximate surface area is 271 Å². The highest BCUT2D eigenvalue weighted by Crippen LogP contribution is 2.49. The van der Waals surface area contributed by atoms with Gasteiger partial charge in [0, 0.05) is 28.3 Å². The van der Waals surface area contributed by atoms with Gasteiger partial charge in [-0.15, -0.1) is 0 Å². The standard InChI is InChI=1S/C43H28N2O2/c1-4-14-29(15-5-1)30-24-26-33(27-25-30)45(36-22-12-10-20-34(36)31-16-6-2-7-17-31)42-40-35-21-11-13-23-37(35)46-38(40)28-39-41(42)44-43(47-39)32-18-8-3-9-19-32/h1-28H. The summed E-state index contributed by atoms with van der Waals surface area (Å²) in [5, 5.41) is 2.00. The number of rotatable bonds is 6. The van der Waals surface area contributed by atoms with Gasteiger partial charge in [-0.1, -0.05) is 127 Å². The van der Waals surface area contributed by atoms with Gasteiger partial charge >= 0.3 is 0 Å². The van der Waals surface area contributed by atoms with E-state index in [2.05, 4.69) is 120 Å². The maximum Gasteiger partial charge on any atom is 0.227 e. The van der Waals surface area contributed by atoms with E-state index in [1.165, 1.54) is 5.56 Å². The van der Waals surface area contributed by atoms with E-state index in [0.717, 1.165) is 66.8 Å². The molecule has 0 unspecified atom stereocenters. The summed E-state index contributed by atoms with van der Waals surface area (Å²) < 4.78 is 13.0. The van der Waals surface area contributed by atoms with Crippen molar-refractivity contribution in [2.45, 2.75) is 0 Å². The molecule has 2 aromatic heterocycles. The van der Waals surface area contributed by atoms with Crippen LogP contribution in [0.5, 0.6) is 0 Å². The van der Waals surface area contributed by atoms with Gasteiger partial charge in [0.15, 0.2) is 5.58 Å². The smallest absolute Gasteiger partial charge is 0.227 e. The van der Waals surface area contributed by atoms with E-state index in [9.17, 15) is 0 Å². The molecule has 7 aromatic carbocycles. The molecule has 4 heteroatoms. The lowest BCUT2D eigenvalue weighted by atomic mass is 10.00. The maximum atomic E-state index is 6.52. The SMILES string of the molecule is c1ccc(-c2ccc(N(c3ccccc3-c3ccccc3)c3c4nc(-c5ccccc5)oc4cc4oc5ccccc5c34)cc2)cc1. The summed E-state index contributed by atoms with van der Waals surface area (Å²) >= 11 is 0. The van der Waals surface area contributed by atoms with Crippen molar-refractivity contribution in [1.29, 1.82) is 0 Å². The Hall–Kier alpha value is -6.39. The van der Waals surface area contributed by atoms with Crippen molar-refractivity contribution < 1.29 is 8.83 Å². The summed E-state index contributed by atoms with van der Waals surface area (Å²) in [4.78, 5) is 7.53. The number of hydrogen-bond acceptors (Lipinski definition) is 4. The number of hydrogen-bond donors (Lipinski definition) is 0. The molecule has 2 heterocycles. The van der Waals surface area contributed by atoms with Gasteiger partial charge in [0.1, 0.15) is 16.7 Å². The number of fused-ring (bicyclic) bond motifs is 4. The van der Waals surface area contributed by atoms with Gasteiger partial charge in [-0.2, -0.15) is 0 Å². The molecule has 0 radical (unpaired) electrons. The lowest BCUT2D eigenvalue weighted by Crippen LogP contribution is -2.12. The van der Waals surface area contributed by atoms with E-state index >= 15 is 0 Å². The van der Waals surface area contributed by atoms with Crippen LogP contribution in [0.4, 0.5) is 17.1 Å². The van der Waals surface area contributed by atoms with Gasteiger partial charge in [0.25, 0.3) is 0 Å². The molecule has 9 aromatic rings. The van der Waals surface area contributed by atoms with E-state index in [-0.39, 0.29) is 0 Å². The molecule has 4 nitrogen and oxygen atoms in total. The van der Waals surface area contributed by atoms with Crippen molar-refractivity contribution in [1.82, 2.24) is 4.98 Å². The van der Waals surface area contributed by atoms with E-state index < -0.39 is 0 Å². The molecule has 0 N–H and O–H groups in total. The Morgan fingerprint density at radius 2 is 1.04 bits per heavy atom. The summed E-state index contributed by atoms with van der Waals surface area (Å²) in [6.45, 7) is 0. The highest BCUT2D eigenvalue weighted by molar-refractivity contribution is 6.20. The first-order chi connectivity index (χ1) is 23.3. The van der Waals surface area contributed by atoms with Crippen LogP contribution >= 0.6 is 0 Å². The van der Waals surface area contributed by atoms with Gasteiger partial charge in [0.2, 0.25) is 5.89 Å². The molecule has 0 amide bonds. The average molecular weight is 605 g/mol. The van der Waals surface area contributed by atoms with Crippen molar-refractivity contribution in [2.75, 3.05) is 4.90 Å². The van der Waals surface area contributed by atoms with Crippen LogP contribution in [-0.4, -0.2) is 4.98 Å². The summed E-state index contributed by atoms with van der Waals surface area (Å²) in [6.07, 6.45) is 0. The highest BCUT2D eigenvalue weighted by atomic mass is 16.4. The van der Waals surface area contributed by atoms with Crippen molar-refractivity contribution >= 4 is 50.1 Å². The summed E-state index contributed by atoms with van der Waals surface area (Å²) in [6, 6.07) is 58.5. The first-order valence-electron chi connectivity index (χ1n) is 15.7. The Balaban J connectivity index is 1.38. The van der Waals surface area contributed by atoms with Crippen LogP contribution in [0.2, 0.25) is 0 Å². The maximum absolute atomic E-state index is 6.52. The van der Waals surface area contributed by atoms with Gasteiger partial charge in [-0.25, -0.2) is 4.98 Å². The van der Waals surface area contributed by atoms with Crippen molar-refractivity contribution in [3.8, 4) is 33.7 Å². The minimum atomic E-state index is 0.564. The Kier molecular flexibility index (Phi) is 6.43. The summed E-state index contributed by atoms with van der Waals surface area (Å²) in [7, 11) is 0. The summed E-state index contributed by atoms with van der Waals surface area (Å²) in [5.74, 6) is 0.564. The van der Waals surface area contributed by atoms with Gasteiger partial charge in [-0.3, -0.25) is 0 Å². The fourth-order valence-corrected chi connectivity index (χ4v) is 6.52. The fraction of sp³-hybridized carbons (Fsp3) is 0. The van der Waals surface area contributed by atoms with Crippen LogP contribution in [0, 0.1) is 0 Å². The van der Waals surface area contributed by atoms with Gasteiger partial charge in [-0.05, 0) is 53.1 Å². The molecule has 0 saturated heterocycles. The lowest BCUT2D eigenvalue weighted by Gasteiger charge is -2.28. The van der Waals surface area contributed by atoms with E-state index in [1.807, 2.05) is 54.6 Å². The molecule has 0 aliphatic carbocycles. The second kappa shape index (κ2) is 11.2. The van der Waals surface area contributed by atoms with E-state index in [4.69, 9.17) is 13.8 Å². The molecule has 0 atom stereocenters. The predicted molar refractivity (Wildman–Crippen MR) is 192 cm³/mol. The zero-order valence-electron chi connectivity index (χ0n) is 25.4. The summed E-state index contributed by atoms with van der Waals surface area (Å²) in [5.41, 5.74) is 11.4. The second-order valence-electron chi connectivity index (χ2n) is 11.6. The van der Waals surface area contributed by atoms with Crippen LogP contribution in [0.1, 0.15) is 0 Å². The number of aromatic nitrogens is 1. The van der Waals surface area contributed by atoms with Gasteiger partial charge in [0.05, 0.1) is 16.8 Å². The minimum absolute atomic E-state index is 0.564. The van der Waals surface area contributed by atoms with E-state index in [0.29, 0.717) is 11.5 Å². The fourth-order valence-electron chi connectivity index (χ4n) is 6.52. The molecular formula is C43H28N2O2. The zero-order valence-corrected chi connectivity index (χ0v) is 25.4. The predicted octanol–water partition coefficient (Wildman–Crippen LogP) is 12.2. The first-order valence-corrected chi connectivity index (χ1v) is 15.7. The molecule has 0 spiro atoms. The van der Waals surface area contributed by atoms with E-state index in [1.54, 1.807) is 0 Å². The number of para-hydroxylation sites is 2. The van der Waals surface area contributed by atoms with Crippen LogP contribution in [-0.2, 0) is 0 Å². The number of anilines is 3. The number of oxazole rings is 1. The third-order valence-electron chi connectivity index (χ3n) is 8.71. The molecule has 47 heavy (non-hydrogen) atoms. The van der Waals surface area contributed by atoms with Crippen molar-refractivity contribution in [2.24, 2.45) is 0 Å². The third-order valence-corrected chi connectivity index (χ3v) is 8.71. The Bertz CT molecular complexity index is 2500. The average Bonchev–Trinajstić information content (AvgIpc) is 3.75. The number of furan rings is 1. The molecule has 0 saturated carbocycles. The Morgan fingerprint density at radius 1 is 0.447 bits per heavy atom. The van der Waals surface area contributed by atoms with Crippen LogP contribution in [0.15, 0.2) is 179 Å². The molecular weight excluding hydrogens is 576 g/mol. The molecule has 0 bridgehead atoms. The largest absolute Gasteiger partial charge is 0.456 e. The topological polar surface area (TPSA) is 42.4 Å². The van der Waals surface area contributed by atoms with Gasteiger partial charge < -0.3 is 13.7 Å². The van der Waals surface area contributed by atoms with Crippen molar-refractivity contribution in [3.05, 3.63) is 170 Å². The van der Waals surface area contributed by atoms with Crippen LogP contribution in [0.3, 0.4) is 0 Å². The monoisotopic (exact) mass is 604 g/mol. The highest BCUT2D eigenvalue weighted by Gasteiger charge is 2.27. The molecule has 222 valence electrons. The van der Waals surface area contributed by atoms with Crippen molar-refractivity contribution in [3.63, 3.8) is 0 Å². The molecule has 9 rings (SSSR count). The molecule has 0 aliphatic heterocycles. The van der Waals surface area contributed by atoms with Crippen LogP contribution < -0.4 is 4.90 Å². The zero-order chi connectivity index (χ0) is 31.2. The molecule has 0 aliphatic rings. The third kappa shape index (κ3) is 4.66. The normalized spacial score (nSPS) is 11.4. The second-order valence-corrected chi connectivity index (χ2v) is 11.6. The van der Waals surface area contributed by atoms with Crippen LogP contribution in [0.25, 0.3) is 66.7 Å². The minimum Gasteiger partial charge on any atom is -0.456 e. The molecule has 0 fully saturated rings. The number of benzene rings is 7. The lowest BCUT2D eigenvalue weighted by molar-refractivity contribution is 0.617. The first kappa shape index (κ1) is 27.0. The quantitative estimate of drug-likeness (QED) is 0.189.